The van der Waals surface area contributed by atoms with Crippen LogP contribution in [0.1, 0.15) is 11.1 Å². The molecule has 2 amide bonds. The smallest absolute Gasteiger partial charge is 0.293 e. The number of hydrogen-bond acceptors (Lipinski definition) is 5. The minimum Gasteiger partial charge on any atom is -0.490 e. The Hall–Kier alpha value is -4.03. The van der Waals surface area contributed by atoms with Crippen molar-refractivity contribution < 1.29 is 19.1 Å². The molecule has 6 heteroatoms. The van der Waals surface area contributed by atoms with Gasteiger partial charge in [0.1, 0.15) is 24.7 Å². The Kier molecular flexibility index (Phi) is 6.82. The molecule has 0 aliphatic carbocycles. The molecule has 0 unspecified atom stereocenters. The molecule has 4 aromatic carbocycles. The van der Waals surface area contributed by atoms with E-state index in [1.807, 2.05) is 97.1 Å². The number of carbonyl (C=O) groups excluding carboxylic acids is 2. The summed E-state index contributed by atoms with van der Waals surface area (Å²) in [5, 5.41) is 1.94. The zero-order chi connectivity index (χ0) is 24.0. The molecular formula is C29H23NO4S. The second kappa shape index (κ2) is 10.5. The fourth-order valence-corrected chi connectivity index (χ4v) is 4.68. The number of ether oxygens (including phenoxy) is 2. The maximum Gasteiger partial charge on any atom is 0.293 e. The minimum atomic E-state index is -0.282. The maximum absolute atomic E-state index is 13.0. The molecule has 1 aliphatic heterocycles. The molecule has 1 heterocycles. The van der Waals surface area contributed by atoms with Crippen molar-refractivity contribution in [1.29, 1.82) is 0 Å². The predicted molar refractivity (Wildman–Crippen MR) is 139 cm³/mol. The molecule has 174 valence electrons. The topological polar surface area (TPSA) is 55.8 Å². The lowest BCUT2D eigenvalue weighted by Crippen LogP contribution is -2.27. The van der Waals surface area contributed by atoms with Gasteiger partial charge in [0, 0.05) is 0 Å². The van der Waals surface area contributed by atoms with Crippen LogP contribution in [0.2, 0.25) is 0 Å². The molecule has 35 heavy (non-hydrogen) atoms. The van der Waals surface area contributed by atoms with E-state index in [4.69, 9.17) is 9.47 Å². The molecule has 1 aliphatic rings. The van der Waals surface area contributed by atoms with Crippen molar-refractivity contribution in [3.63, 3.8) is 0 Å². The highest BCUT2D eigenvalue weighted by atomic mass is 32.2. The molecule has 5 rings (SSSR count). The number of imide groups is 1. The summed E-state index contributed by atoms with van der Waals surface area (Å²) in [5.74, 6) is 1.19. The minimum absolute atomic E-state index is 0.247. The summed E-state index contributed by atoms with van der Waals surface area (Å²) in [6.45, 7) is 1.06. The number of benzene rings is 4. The molecule has 0 radical (unpaired) electrons. The van der Waals surface area contributed by atoms with Gasteiger partial charge in [0.15, 0.2) is 0 Å². The first-order valence-corrected chi connectivity index (χ1v) is 12.1. The van der Waals surface area contributed by atoms with Crippen LogP contribution in [0.3, 0.4) is 0 Å². The van der Waals surface area contributed by atoms with E-state index >= 15 is 0 Å². The van der Waals surface area contributed by atoms with Gasteiger partial charge in [-0.05, 0) is 70.1 Å². The predicted octanol–water partition coefficient (Wildman–Crippen LogP) is 6.53. The summed E-state index contributed by atoms with van der Waals surface area (Å²) >= 11 is 0.962. The van der Waals surface area contributed by atoms with Crippen LogP contribution in [0, 0.1) is 0 Å². The van der Waals surface area contributed by atoms with Crippen molar-refractivity contribution in [3.8, 4) is 11.5 Å². The van der Waals surface area contributed by atoms with Crippen molar-refractivity contribution in [2.75, 3.05) is 13.2 Å². The lowest BCUT2D eigenvalue weighted by atomic mass is 10.1. The first-order chi connectivity index (χ1) is 17.2. The molecule has 0 spiro atoms. The Labute approximate surface area is 208 Å². The van der Waals surface area contributed by atoms with Gasteiger partial charge in [-0.15, -0.1) is 0 Å². The number of para-hydroxylation sites is 1. The van der Waals surface area contributed by atoms with E-state index < -0.39 is 0 Å². The van der Waals surface area contributed by atoms with E-state index in [9.17, 15) is 9.59 Å². The third-order valence-corrected chi connectivity index (χ3v) is 6.46. The molecular weight excluding hydrogens is 458 g/mol. The van der Waals surface area contributed by atoms with Crippen LogP contribution < -0.4 is 9.47 Å². The van der Waals surface area contributed by atoms with Crippen molar-refractivity contribution in [1.82, 2.24) is 4.90 Å². The van der Waals surface area contributed by atoms with Crippen LogP contribution in [0.4, 0.5) is 4.79 Å². The number of hydrogen-bond donors (Lipinski definition) is 0. The van der Waals surface area contributed by atoms with Gasteiger partial charge >= 0.3 is 0 Å². The van der Waals surface area contributed by atoms with Crippen molar-refractivity contribution in [3.05, 3.63) is 113 Å². The number of fused-ring (bicyclic) bond motifs is 1. The monoisotopic (exact) mass is 481 g/mol. The molecule has 0 aromatic heterocycles. The van der Waals surface area contributed by atoms with Crippen LogP contribution in [0.25, 0.3) is 16.8 Å². The van der Waals surface area contributed by atoms with Crippen LogP contribution in [-0.4, -0.2) is 29.3 Å². The summed E-state index contributed by atoms with van der Waals surface area (Å²) in [7, 11) is 0. The van der Waals surface area contributed by atoms with E-state index in [2.05, 4.69) is 0 Å². The van der Waals surface area contributed by atoms with Gasteiger partial charge in [-0.1, -0.05) is 66.7 Å². The first-order valence-electron chi connectivity index (χ1n) is 11.3. The standard InChI is InChI=1S/C29H23NO4S/c31-28-27(35-29(32)30(28)20-22-13-14-23-8-4-5-9-24(23)17-22)19-21-7-6-12-26(18-21)34-16-15-33-25-10-2-1-3-11-25/h1-14,17-19H,15-16,20H2/b27-19-. The lowest BCUT2D eigenvalue weighted by molar-refractivity contribution is -0.123. The lowest BCUT2D eigenvalue weighted by Gasteiger charge is -2.13. The van der Waals surface area contributed by atoms with E-state index in [0.29, 0.717) is 23.9 Å². The second-order valence-corrected chi connectivity index (χ2v) is 9.03. The molecule has 4 aromatic rings. The molecule has 0 saturated carbocycles. The molecule has 0 bridgehead atoms. The van der Waals surface area contributed by atoms with E-state index in [1.54, 1.807) is 6.08 Å². The van der Waals surface area contributed by atoms with Gasteiger partial charge in [0.2, 0.25) is 0 Å². The highest BCUT2D eigenvalue weighted by molar-refractivity contribution is 8.18. The highest BCUT2D eigenvalue weighted by Gasteiger charge is 2.35. The van der Waals surface area contributed by atoms with Gasteiger partial charge in [-0.25, -0.2) is 0 Å². The quantitative estimate of drug-likeness (QED) is 0.211. The van der Waals surface area contributed by atoms with Gasteiger partial charge in [0.25, 0.3) is 11.1 Å². The zero-order valence-electron chi connectivity index (χ0n) is 18.9. The molecule has 0 atom stereocenters. The van der Waals surface area contributed by atoms with Gasteiger partial charge in [0.05, 0.1) is 11.4 Å². The van der Waals surface area contributed by atoms with Gasteiger partial charge in [-0.3, -0.25) is 14.5 Å². The van der Waals surface area contributed by atoms with Crippen LogP contribution >= 0.6 is 11.8 Å². The second-order valence-electron chi connectivity index (χ2n) is 8.03. The molecule has 1 fully saturated rings. The van der Waals surface area contributed by atoms with Crippen LogP contribution in [0.15, 0.2) is 102 Å². The van der Waals surface area contributed by atoms with E-state index in [1.165, 1.54) is 4.90 Å². The van der Waals surface area contributed by atoms with Crippen LogP contribution in [0.5, 0.6) is 11.5 Å². The summed E-state index contributed by atoms with van der Waals surface area (Å²) < 4.78 is 11.4. The van der Waals surface area contributed by atoms with Crippen LogP contribution in [-0.2, 0) is 11.3 Å². The van der Waals surface area contributed by atoms with E-state index in [0.717, 1.165) is 39.4 Å². The van der Waals surface area contributed by atoms with Crippen molar-refractivity contribution in [2.45, 2.75) is 6.54 Å². The fraction of sp³-hybridized carbons (Fsp3) is 0.103. The SMILES string of the molecule is O=C1S/C(=C\c2cccc(OCCOc3ccccc3)c2)C(=O)N1Cc1ccc2ccccc2c1. The number of carbonyl (C=O) groups is 2. The maximum atomic E-state index is 13.0. The van der Waals surface area contributed by atoms with Gasteiger partial charge in [-0.2, -0.15) is 0 Å². The number of rotatable bonds is 8. The van der Waals surface area contributed by atoms with Crippen molar-refractivity contribution >= 4 is 39.8 Å². The summed E-state index contributed by atoms with van der Waals surface area (Å²) in [6, 6.07) is 31.0. The number of amides is 2. The largest absolute Gasteiger partial charge is 0.490 e. The Morgan fingerprint density at radius 2 is 1.43 bits per heavy atom. The third kappa shape index (κ3) is 5.55. The Morgan fingerprint density at radius 3 is 2.26 bits per heavy atom. The highest BCUT2D eigenvalue weighted by Crippen LogP contribution is 2.34. The van der Waals surface area contributed by atoms with Gasteiger partial charge < -0.3 is 9.47 Å². The Morgan fingerprint density at radius 1 is 0.714 bits per heavy atom. The number of nitrogens with zero attached hydrogens (tertiary/aromatic N) is 1. The van der Waals surface area contributed by atoms with E-state index in [-0.39, 0.29) is 17.7 Å². The molecule has 5 nitrogen and oxygen atoms in total. The summed E-state index contributed by atoms with van der Waals surface area (Å²) in [4.78, 5) is 27.3. The zero-order valence-corrected chi connectivity index (χ0v) is 19.7. The Balaban J connectivity index is 1.22. The fourth-order valence-electron chi connectivity index (χ4n) is 3.84. The average Bonchev–Trinajstić information content (AvgIpc) is 3.14. The average molecular weight is 482 g/mol. The number of thioether (sulfide) groups is 1. The first kappa shape index (κ1) is 22.7. The third-order valence-electron chi connectivity index (χ3n) is 5.55. The Bertz CT molecular complexity index is 1400. The molecule has 0 N–H and O–H groups in total. The normalized spacial score (nSPS) is 14.6. The molecule has 1 saturated heterocycles. The summed E-state index contributed by atoms with van der Waals surface area (Å²) in [5.41, 5.74) is 1.71. The summed E-state index contributed by atoms with van der Waals surface area (Å²) in [6.07, 6.45) is 1.73. The van der Waals surface area contributed by atoms with Crippen molar-refractivity contribution in [2.24, 2.45) is 0 Å².